The molecule has 0 saturated heterocycles. The Morgan fingerprint density at radius 3 is 2.58 bits per heavy atom. The first-order valence-electron chi connectivity index (χ1n) is 9.97. The molecule has 0 fully saturated rings. The third-order valence-corrected chi connectivity index (χ3v) is 5.69. The van der Waals surface area contributed by atoms with Gasteiger partial charge in [0.1, 0.15) is 0 Å². The Morgan fingerprint density at radius 2 is 1.84 bits per heavy atom. The van der Waals surface area contributed by atoms with Crippen molar-refractivity contribution in [2.75, 3.05) is 11.4 Å². The average molecular weight is 430 g/mol. The number of benzene rings is 3. The molecule has 1 unspecified atom stereocenters. The zero-order valence-corrected chi connectivity index (χ0v) is 17.7. The normalized spacial score (nSPS) is 13.3. The predicted octanol–water partition coefficient (Wildman–Crippen LogP) is 4.91. The second-order valence-electron chi connectivity index (χ2n) is 7.49. The van der Waals surface area contributed by atoms with Crippen molar-refractivity contribution in [3.63, 3.8) is 0 Å². The SMILES string of the molecule is CC(NC(=O)c1ccc(Cl)cc1)c1ccc2c(c1)CCN2C(=O)c1cccc(C#N)c1. The number of amides is 2. The third-order valence-electron chi connectivity index (χ3n) is 5.44. The number of anilines is 1. The lowest BCUT2D eigenvalue weighted by Gasteiger charge is -2.19. The largest absolute Gasteiger partial charge is 0.346 e. The van der Waals surface area contributed by atoms with Crippen LogP contribution < -0.4 is 10.2 Å². The topological polar surface area (TPSA) is 73.2 Å². The van der Waals surface area contributed by atoms with Crippen molar-refractivity contribution in [1.82, 2.24) is 5.32 Å². The van der Waals surface area contributed by atoms with E-state index in [9.17, 15) is 9.59 Å². The highest BCUT2D eigenvalue weighted by molar-refractivity contribution is 6.30. The summed E-state index contributed by atoms with van der Waals surface area (Å²) >= 11 is 5.89. The Hall–Kier alpha value is -3.62. The second-order valence-corrected chi connectivity index (χ2v) is 7.93. The van der Waals surface area contributed by atoms with Crippen LogP contribution in [-0.4, -0.2) is 18.4 Å². The molecule has 6 heteroatoms. The van der Waals surface area contributed by atoms with E-state index >= 15 is 0 Å². The number of rotatable bonds is 4. The number of fused-ring (bicyclic) bond motifs is 1. The van der Waals surface area contributed by atoms with Crippen molar-refractivity contribution in [1.29, 1.82) is 5.26 Å². The predicted molar refractivity (Wildman–Crippen MR) is 120 cm³/mol. The van der Waals surface area contributed by atoms with E-state index in [-0.39, 0.29) is 17.9 Å². The number of nitriles is 1. The number of hydrogen-bond donors (Lipinski definition) is 1. The molecule has 2 amide bonds. The first-order valence-corrected chi connectivity index (χ1v) is 10.4. The van der Waals surface area contributed by atoms with Crippen molar-refractivity contribution in [3.05, 3.63) is 99.6 Å². The van der Waals surface area contributed by atoms with Crippen LogP contribution in [0, 0.1) is 11.3 Å². The van der Waals surface area contributed by atoms with Gasteiger partial charge in [-0.05, 0) is 73.0 Å². The molecule has 1 aliphatic heterocycles. The Kier molecular flexibility index (Phi) is 5.75. The average Bonchev–Trinajstić information content (AvgIpc) is 3.22. The van der Waals surface area contributed by atoms with Crippen molar-refractivity contribution in [2.24, 2.45) is 0 Å². The molecule has 0 spiro atoms. The van der Waals surface area contributed by atoms with Crippen molar-refractivity contribution < 1.29 is 9.59 Å². The van der Waals surface area contributed by atoms with Gasteiger partial charge < -0.3 is 10.2 Å². The lowest BCUT2D eigenvalue weighted by Crippen LogP contribution is -2.29. The number of carbonyl (C=O) groups is 2. The highest BCUT2D eigenvalue weighted by atomic mass is 35.5. The number of hydrogen-bond acceptors (Lipinski definition) is 3. The molecule has 0 aromatic heterocycles. The molecule has 4 rings (SSSR count). The molecule has 3 aromatic carbocycles. The number of nitrogens with one attached hydrogen (secondary N) is 1. The van der Waals surface area contributed by atoms with E-state index in [1.54, 1.807) is 53.4 Å². The van der Waals surface area contributed by atoms with Crippen molar-refractivity contribution in [2.45, 2.75) is 19.4 Å². The van der Waals surface area contributed by atoms with E-state index in [1.165, 1.54) is 0 Å². The van der Waals surface area contributed by atoms with Crippen LogP contribution in [0.25, 0.3) is 0 Å². The van der Waals surface area contributed by atoms with Gasteiger partial charge >= 0.3 is 0 Å². The minimum Gasteiger partial charge on any atom is -0.346 e. The lowest BCUT2D eigenvalue weighted by molar-refractivity contribution is 0.0938. The van der Waals surface area contributed by atoms with Gasteiger partial charge in [0.25, 0.3) is 11.8 Å². The number of carbonyl (C=O) groups excluding carboxylic acids is 2. The molecule has 31 heavy (non-hydrogen) atoms. The molecule has 1 atom stereocenters. The molecule has 1 N–H and O–H groups in total. The summed E-state index contributed by atoms with van der Waals surface area (Å²) in [5.74, 6) is -0.286. The maximum absolute atomic E-state index is 13.0. The molecule has 0 saturated carbocycles. The summed E-state index contributed by atoms with van der Waals surface area (Å²) in [4.78, 5) is 27.2. The second kappa shape index (κ2) is 8.63. The maximum Gasteiger partial charge on any atom is 0.258 e. The maximum atomic E-state index is 13.0. The Bertz CT molecular complexity index is 1200. The van der Waals surface area contributed by atoms with Crippen LogP contribution in [0.2, 0.25) is 5.02 Å². The fourth-order valence-corrected chi connectivity index (χ4v) is 3.87. The monoisotopic (exact) mass is 429 g/mol. The van der Waals surface area contributed by atoms with Gasteiger partial charge in [-0.15, -0.1) is 0 Å². The van der Waals surface area contributed by atoms with Crippen LogP contribution >= 0.6 is 11.6 Å². The number of halogens is 1. The smallest absolute Gasteiger partial charge is 0.258 e. The zero-order valence-electron chi connectivity index (χ0n) is 16.9. The summed E-state index contributed by atoms with van der Waals surface area (Å²) in [6, 6.07) is 21.3. The van der Waals surface area contributed by atoms with Crippen LogP contribution in [0.15, 0.2) is 66.7 Å². The first kappa shape index (κ1) is 20.6. The summed E-state index contributed by atoms with van der Waals surface area (Å²) < 4.78 is 0. The van der Waals surface area contributed by atoms with E-state index < -0.39 is 0 Å². The van der Waals surface area contributed by atoms with E-state index in [0.29, 0.717) is 28.3 Å². The Labute approximate surface area is 185 Å². The standard InChI is InChI=1S/C25H20ClN3O2/c1-16(28-24(30)18-5-8-22(26)9-6-18)19-7-10-23-20(14-19)11-12-29(23)25(31)21-4-2-3-17(13-21)15-27/h2-10,13-14,16H,11-12H2,1H3,(H,28,30). The fourth-order valence-electron chi connectivity index (χ4n) is 3.74. The minimum absolute atomic E-state index is 0.118. The molecular formula is C25H20ClN3O2. The Balaban J connectivity index is 1.50. The quantitative estimate of drug-likeness (QED) is 0.640. The molecule has 0 bridgehead atoms. The van der Waals surface area contributed by atoms with Gasteiger partial charge in [-0.1, -0.05) is 29.8 Å². The highest BCUT2D eigenvalue weighted by Crippen LogP contribution is 2.32. The zero-order chi connectivity index (χ0) is 22.0. The molecule has 154 valence electrons. The van der Waals surface area contributed by atoms with Crippen molar-refractivity contribution in [3.8, 4) is 6.07 Å². The molecule has 1 aliphatic rings. The fraction of sp³-hybridized carbons (Fsp3) is 0.160. The van der Waals surface area contributed by atoms with Gasteiger partial charge in [-0.25, -0.2) is 0 Å². The first-order chi connectivity index (χ1) is 15.0. The van der Waals surface area contributed by atoms with Gasteiger partial charge in [0.2, 0.25) is 0 Å². The highest BCUT2D eigenvalue weighted by Gasteiger charge is 2.26. The minimum atomic E-state index is -0.189. The van der Waals surface area contributed by atoms with Crippen LogP contribution in [0.1, 0.15) is 50.4 Å². The van der Waals surface area contributed by atoms with Gasteiger partial charge in [-0.3, -0.25) is 9.59 Å². The van der Waals surface area contributed by atoms with Gasteiger partial charge in [-0.2, -0.15) is 5.26 Å². The van der Waals surface area contributed by atoms with E-state index in [0.717, 1.165) is 23.2 Å². The van der Waals surface area contributed by atoms with Gasteiger partial charge in [0.05, 0.1) is 17.7 Å². The van der Waals surface area contributed by atoms with Gasteiger partial charge in [0.15, 0.2) is 0 Å². The van der Waals surface area contributed by atoms with E-state index in [4.69, 9.17) is 16.9 Å². The van der Waals surface area contributed by atoms with Crippen LogP contribution in [-0.2, 0) is 6.42 Å². The molecule has 1 heterocycles. The Morgan fingerprint density at radius 1 is 1.06 bits per heavy atom. The summed E-state index contributed by atoms with van der Waals surface area (Å²) in [5, 5.41) is 12.7. The van der Waals surface area contributed by atoms with Crippen LogP contribution in [0.3, 0.4) is 0 Å². The van der Waals surface area contributed by atoms with E-state index in [1.807, 2.05) is 25.1 Å². The summed E-state index contributed by atoms with van der Waals surface area (Å²) in [7, 11) is 0. The van der Waals surface area contributed by atoms with Gasteiger partial charge in [0, 0.05) is 28.4 Å². The van der Waals surface area contributed by atoms with Crippen LogP contribution in [0.4, 0.5) is 5.69 Å². The summed E-state index contributed by atoms with van der Waals surface area (Å²) in [6.07, 6.45) is 0.741. The molecule has 0 radical (unpaired) electrons. The van der Waals surface area contributed by atoms with Crippen LogP contribution in [0.5, 0.6) is 0 Å². The molecule has 3 aromatic rings. The molecule has 0 aliphatic carbocycles. The third kappa shape index (κ3) is 4.30. The molecule has 5 nitrogen and oxygen atoms in total. The van der Waals surface area contributed by atoms with Crippen molar-refractivity contribution >= 4 is 29.1 Å². The van der Waals surface area contributed by atoms with E-state index in [2.05, 4.69) is 11.4 Å². The number of nitrogens with zero attached hydrogens (tertiary/aromatic N) is 2. The lowest BCUT2D eigenvalue weighted by atomic mass is 10.0. The summed E-state index contributed by atoms with van der Waals surface area (Å²) in [5.41, 5.74) is 4.42. The molecular weight excluding hydrogens is 410 g/mol. The summed E-state index contributed by atoms with van der Waals surface area (Å²) in [6.45, 7) is 2.51.